The Kier molecular flexibility index (Phi) is 4.09. The number of hydrogen-bond donors (Lipinski definition) is 0. The fourth-order valence-corrected chi connectivity index (χ4v) is 1.21. The number of carbonyl (C=O) groups is 1. The van der Waals surface area contributed by atoms with Gasteiger partial charge in [0.15, 0.2) is 0 Å². The fourth-order valence-electron chi connectivity index (χ4n) is 1.21. The Labute approximate surface area is 87.8 Å². The van der Waals surface area contributed by atoms with Gasteiger partial charge < -0.3 is 9.47 Å². The summed E-state index contributed by atoms with van der Waals surface area (Å²) in [6.07, 6.45) is -1.79. The Hall–Kier alpha value is -1.58. The first-order valence-electron chi connectivity index (χ1n) is 4.64. The van der Waals surface area contributed by atoms with Gasteiger partial charge in [0.05, 0.1) is 13.7 Å². The van der Waals surface area contributed by atoms with Crippen LogP contribution in [0.3, 0.4) is 0 Å². The molecule has 4 heteroatoms. The Morgan fingerprint density at radius 1 is 1.47 bits per heavy atom. The molecule has 0 spiro atoms. The average Bonchev–Trinajstić information content (AvgIpc) is 2.28. The Balaban J connectivity index is 2.96. The Bertz CT molecular complexity index is 338. The molecule has 0 bridgehead atoms. The van der Waals surface area contributed by atoms with Crippen molar-refractivity contribution in [2.75, 3.05) is 13.7 Å². The molecule has 1 rings (SSSR count). The molecule has 0 aliphatic heterocycles. The number of esters is 1. The van der Waals surface area contributed by atoms with Crippen LogP contribution >= 0.6 is 0 Å². The molecule has 0 fully saturated rings. The minimum Gasteiger partial charge on any atom is -0.493 e. The highest BCUT2D eigenvalue weighted by atomic mass is 19.1. The highest BCUT2D eigenvalue weighted by Gasteiger charge is 2.23. The van der Waals surface area contributed by atoms with Crippen LogP contribution in [-0.4, -0.2) is 19.7 Å². The average molecular weight is 212 g/mol. The van der Waals surface area contributed by atoms with Gasteiger partial charge in [0.25, 0.3) is 0 Å². The highest BCUT2D eigenvalue weighted by molar-refractivity contribution is 5.77. The molecule has 1 unspecified atom stereocenters. The third kappa shape index (κ3) is 2.68. The standard InChI is InChI=1S/C11H13FO3/c1-3-15-9-7-5-4-6-8(9)10(12)11(13)14-2/h4-7,10H,3H2,1-2H3. The van der Waals surface area contributed by atoms with E-state index in [1.807, 2.05) is 0 Å². The number of alkyl halides is 1. The first kappa shape index (κ1) is 11.5. The van der Waals surface area contributed by atoms with Crippen molar-refractivity contribution in [3.05, 3.63) is 29.8 Å². The van der Waals surface area contributed by atoms with Crippen LogP contribution in [0.15, 0.2) is 24.3 Å². The van der Waals surface area contributed by atoms with Crippen LogP contribution in [-0.2, 0) is 9.53 Å². The van der Waals surface area contributed by atoms with E-state index in [1.54, 1.807) is 25.1 Å². The van der Waals surface area contributed by atoms with E-state index in [9.17, 15) is 9.18 Å². The lowest BCUT2D eigenvalue weighted by Crippen LogP contribution is -2.11. The maximum Gasteiger partial charge on any atom is 0.345 e. The van der Waals surface area contributed by atoms with Crippen LogP contribution < -0.4 is 4.74 Å². The summed E-state index contributed by atoms with van der Waals surface area (Å²) in [6, 6.07) is 6.49. The van der Waals surface area contributed by atoms with Crippen LogP contribution in [0.2, 0.25) is 0 Å². The van der Waals surface area contributed by atoms with E-state index in [-0.39, 0.29) is 5.56 Å². The molecule has 0 aliphatic carbocycles. The lowest BCUT2D eigenvalue weighted by molar-refractivity contribution is -0.146. The summed E-state index contributed by atoms with van der Waals surface area (Å²) in [7, 11) is 1.15. The molecular weight excluding hydrogens is 199 g/mol. The smallest absolute Gasteiger partial charge is 0.345 e. The van der Waals surface area contributed by atoms with Crippen molar-refractivity contribution in [2.45, 2.75) is 13.1 Å². The van der Waals surface area contributed by atoms with Crippen LogP contribution in [0.5, 0.6) is 5.75 Å². The molecule has 0 radical (unpaired) electrons. The van der Waals surface area contributed by atoms with Crippen molar-refractivity contribution >= 4 is 5.97 Å². The van der Waals surface area contributed by atoms with E-state index < -0.39 is 12.1 Å². The normalized spacial score (nSPS) is 11.9. The number of para-hydroxylation sites is 1. The summed E-state index contributed by atoms with van der Waals surface area (Å²) in [5, 5.41) is 0. The zero-order valence-corrected chi connectivity index (χ0v) is 8.70. The number of rotatable bonds is 4. The van der Waals surface area contributed by atoms with Gasteiger partial charge in [0.2, 0.25) is 6.17 Å². The number of carbonyl (C=O) groups excluding carboxylic acids is 1. The van der Waals surface area contributed by atoms with Gasteiger partial charge in [-0.05, 0) is 13.0 Å². The summed E-state index contributed by atoms with van der Waals surface area (Å²) in [4.78, 5) is 11.0. The minimum atomic E-state index is -1.79. The second-order valence-corrected chi connectivity index (χ2v) is 2.86. The number of methoxy groups -OCH3 is 1. The summed E-state index contributed by atoms with van der Waals surface area (Å²) < 4.78 is 23.1. The van der Waals surface area contributed by atoms with Crippen molar-refractivity contribution in [2.24, 2.45) is 0 Å². The van der Waals surface area contributed by atoms with Gasteiger partial charge in [0, 0.05) is 5.56 Å². The molecule has 0 saturated carbocycles. The molecular formula is C11H13FO3. The molecule has 1 aromatic carbocycles. The van der Waals surface area contributed by atoms with Crippen molar-refractivity contribution in [3.8, 4) is 5.75 Å². The zero-order valence-electron chi connectivity index (χ0n) is 8.70. The van der Waals surface area contributed by atoms with Gasteiger partial charge in [-0.1, -0.05) is 18.2 Å². The first-order valence-corrected chi connectivity index (χ1v) is 4.64. The molecule has 0 N–H and O–H groups in total. The maximum atomic E-state index is 13.6. The molecule has 0 aromatic heterocycles. The molecule has 1 aromatic rings. The molecule has 15 heavy (non-hydrogen) atoms. The van der Waals surface area contributed by atoms with Gasteiger partial charge in [-0.25, -0.2) is 9.18 Å². The number of benzene rings is 1. The van der Waals surface area contributed by atoms with Crippen molar-refractivity contribution in [1.82, 2.24) is 0 Å². The van der Waals surface area contributed by atoms with Crippen LogP contribution in [0, 0.1) is 0 Å². The number of halogens is 1. The Morgan fingerprint density at radius 3 is 2.73 bits per heavy atom. The third-order valence-electron chi connectivity index (χ3n) is 1.90. The maximum absolute atomic E-state index is 13.6. The van der Waals surface area contributed by atoms with Gasteiger partial charge in [-0.15, -0.1) is 0 Å². The van der Waals surface area contributed by atoms with Gasteiger partial charge >= 0.3 is 5.97 Å². The predicted molar refractivity (Wildman–Crippen MR) is 53.5 cm³/mol. The van der Waals surface area contributed by atoms with E-state index >= 15 is 0 Å². The van der Waals surface area contributed by atoms with Gasteiger partial charge in [-0.3, -0.25) is 0 Å². The Morgan fingerprint density at radius 2 is 2.13 bits per heavy atom. The molecule has 3 nitrogen and oxygen atoms in total. The summed E-state index contributed by atoms with van der Waals surface area (Å²) in [6.45, 7) is 2.22. The first-order chi connectivity index (χ1) is 7.20. The number of hydrogen-bond acceptors (Lipinski definition) is 3. The lowest BCUT2D eigenvalue weighted by atomic mass is 10.1. The summed E-state index contributed by atoms with van der Waals surface area (Å²) in [5.74, 6) is -0.542. The second kappa shape index (κ2) is 5.34. The largest absolute Gasteiger partial charge is 0.493 e. The van der Waals surface area contributed by atoms with Crippen LogP contribution in [0.1, 0.15) is 18.7 Å². The summed E-state index contributed by atoms with van der Waals surface area (Å²) in [5.41, 5.74) is 0.200. The van der Waals surface area contributed by atoms with Crippen LogP contribution in [0.25, 0.3) is 0 Å². The SMILES string of the molecule is CCOc1ccccc1C(F)C(=O)OC. The second-order valence-electron chi connectivity index (χ2n) is 2.86. The molecule has 0 aliphatic rings. The van der Waals surface area contributed by atoms with Crippen LogP contribution in [0.4, 0.5) is 4.39 Å². The summed E-state index contributed by atoms with van der Waals surface area (Å²) >= 11 is 0. The van der Waals surface area contributed by atoms with E-state index in [0.717, 1.165) is 7.11 Å². The molecule has 0 amide bonds. The lowest BCUT2D eigenvalue weighted by Gasteiger charge is -2.11. The van der Waals surface area contributed by atoms with E-state index in [1.165, 1.54) is 6.07 Å². The highest BCUT2D eigenvalue weighted by Crippen LogP contribution is 2.28. The minimum absolute atomic E-state index is 0.200. The quantitative estimate of drug-likeness (QED) is 0.718. The van der Waals surface area contributed by atoms with Gasteiger partial charge in [0.1, 0.15) is 5.75 Å². The third-order valence-corrected chi connectivity index (χ3v) is 1.90. The van der Waals surface area contributed by atoms with E-state index in [4.69, 9.17) is 4.74 Å². The molecule has 0 heterocycles. The van der Waals surface area contributed by atoms with E-state index in [0.29, 0.717) is 12.4 Å². The molecule has 0 saturated heterocycles. The predicted octanol–water partition coefficient (Wildman–Crippen LogP) is 2.27. The van der Waals surface area contributed by atoms with Crippen molar-refractivity contribution < 1.29 is 18.7 Å². The van der Waals surface area contributed by atoms with Crippen molar-refractivity contribution in [3.63, 3.8) is 0 Å². The van der Waals surface area contributed by atoms with Crippen molar-refractivity contribution in [1.29, 1.82) is 0 Å². The zero-order chi connectivity index (χ0) is 11.3. The topological polar surface area (TPSA) is 35.5 Å². The monoisotopic (exact) mass is 212 g/mol. The molecule has 1 atom stereocenters. The molecule has 82 valence electrons. The van der Waals surface area contributed by atoms with E-state index in [2.05, 4.69) is 4.74 Å². The number of ether oxygens (including phenoxy) is 2. The fraction of sp³-hybridized carbons (Fsp3) is 0.364. The van der Waals surface area contributed by atoms with Gasteiger partial charge in [-0.2, -0.15) is 0 Å².